The van der Waals surface area contributed by atoms with E-state index in [1.54, 1.807) is 12.1 Å². The Morgan fingerprint density at radius 2 is 1.90 bits per heavy atom. The largest absolute Gasteiger partial charge is 0.396 e. The van der Waals surface area contributed by atoms with E-state index in [9.17, 15) is 14.7 Å². The number of nitrogens with one attached hydrogen (secondary N) is 3. The molecule has 2 spiro atoms. The number of aliphatic hydroxyl groups is 1. The highest BCUT2D eigenvalue weighted by atomic mass is 35.5. The number of aromatic nitrogens is 1. The molecule has 6 rings (SSSR count). The summed E-state index contributed by atoms with van der Waals surface area (Å²) in [7, 11) is 0. The highest BCUT2D eigenvalue weighted by molar-refractivity contribution is 6.31. The fourth-order valence-corrected chi connectivity index (χ4v) is 7.96. The molecule has 4 aliphatic rings. The summed E-state index contributed by atoms with van der Waals surface area (Å²) in [5, 5.41) is 19.4. The first-order valence-electron chi connectivity index (χ1n) is 13.6. The molecule has 1 aromatic carbocycles. The van der Waals surface area contributed by atoms with Gasteiger partial charge in [0.25, 0.3) is 0 Å². The number of carbonyl (C=O) groups is 2. The molecule has 3 fully saturated rings. The van der Waals surface area contributed by atoms with Crippen LogP contribution in [0.2, 0.25) is 10.2 Å². The van der Waals surface area contributed by atoms with Crippen LogP contribution < -0.4 is 16.0 Å². The SMILES string of the molecule is CC1(C)CCC2(CC1)N[C@@H](C(=O)NC1CC(CO)C1)[C@H](c1ccnc(Cl)c1F)C21C(=O)Nc2cc(Cl)ccc21. The summed E-state index contributed by atoms with van der Waals surface area (Å²) in [6, 6.07) is 5.85. The lowest BCUT2D eigenvalue weighted by Crippen LogP contribution is -2.61. The van der Waals surface area contributed by atoms with Gasteiger partial charge in [-0.05, 0) is 79.2 Å². The maximum Gasteiger partial charge on any atom is 0.238 e. The molecular formula is C29H33Cl2FN4O3. The molecule has 0 bridgehead atoms. The van der Waals surface area contributed by atoms with Crippen molar-refractivity contribution in [3.05, 3.63) is 57.6 Å². The van der Waals surface area contributed by atoms with Crippen LogP contribution in [0, 0.1) is 17.2 Å². The van der Waals surface area contributed by atoms with Gasteiger partial charge >= 0.3 is 0 Å². The van der Waals surface area contributed by atoms with Crippen LogP contribution in [0.5, 0.6) is 0 Å². The van der Waals surface area contributed by atoms with Crippen LogP contribution >= 0.6 is 23.2 Å². The van der Waals surface area contributed by atoms with Gasteiger partial charge in [0.1, 0.15) is 5.41 Å². The number of fused-ring (bicyclic) bond motifs is 3. The summed E-state index contributed by atoms with van der Waals surface area (Å²) >= 11 is 12.5. The molecule has 1 unspecified atom stereocenters. The average Bonchev–Trinajstić information content (AvgIpc) is 3.32. The average molecular weight is 576 g/mol. The van der Waals surface area contributed by atoms with E-state index >= 15 is 4.39 Å². The van der Waals surface area contributed by atoms with E-state index in [0.717, 1.165) is 12.8 Å². The molecule has 10 heteroatoms. The summed E-state index contributed by atoms with van der Waals surface area (Å²) in [6.45, 7) is 4.50. The molecule has 1 saturated heterocycles. The first-order valence-corrected chi connectivity index (χ1v) is 14.4. The van der Waals surface area contributed by atoms with Gasteiger partial charge in [-0.25, -0.2) is 9.37 Å². The number of benzene rings is 1. The molecular weight excluding hydrogens is 542 g/mol. The quantitative estimate of drug-likeness (QED) is 0.396. The molecule has 39 heavy (non-hydrogen) atoms. The van der Waals surface area contributed by atoms with Crippen molar-refractivity contribution in [2.45, 2.75) is 81.3 Å². The number of hydrogen-bond donors (Lipinski definition) is 4. The molecule has 7 nitrogen and oxygen atoms in total. The van der Waals surface area contributed by atoms with Crippen molar-refractivity contribution in [1.29, 1.82) is 0 Å². The number of pyridine rings is 1. The first kappa shape index (κ1) is 26.9. The van der Waals surface area contributed by atoms with Crippen molar-refractivity contribution in [3.8, 4) is 0 Å². The zero-order valence-electron chi connectivity index (χ0n) is 22.0. The van der Waals surface area contributed by atoms with Gasteiger partial charge in [0.15, 0.2) is 11.0 Å². The standard InChI is InChI=1S/C29H33Cl2FN4O3/c1-27(2)6-8-28(9-7-27)29(19-4-3-16(30)13-20(19)35-26(29)39)21(18-5-10-33-24(31)22(18)32)23(36-28)25(38)34-17-11-15(12-17)14-37/h3-5,10,13,15,17,21,23,36-37H,6-9,11-12,14H2,1-2H3,(H,34,38)(H,35,39)/t15?,17?,21-,23+,29?/m0/s1. The molecule has 2 saturated carbocycles. The van der Waals surface area contributed by atoms with Gasteiger partial charge in [0.05, 0.1) is 6.04 Å². The van der Waals surface area contributed by atoms with Crippen LogP contribution in [0.15, 0.2) is 30.5 Å². The lowest BCUT2D eigenvalue weighted by atomic mass is 9.53. The molecule has 3 heterocycles. The van der Waals surface area contributed by atoms with E-state index in [1.165, 1.54) is 12.3 Å². The molecule has 208 valence electrons. The van der Waals surface area contributed by atoms with Crippen molar-refractivity contribution < 1.29 is 19.1 Å². The monoisotopic (exact) mass is 574 g/mol. The molecule has 2 aliphatic carbocycles. The lowest BCUT2D eigenvalue weighted by molar-refractivity contribution is -0.125. The van der Waals surface area contributed by atoms with Crippen molar-refractivity contribution in [2.24, 2.45) is 11.3 Å². The summed E-state index contributed by atoms with van der Waals surface area (Å²) in [4.78, 5) is 32.3. The predicted molar refractivity (Wildman–Crippen MR) is 147 cm³/mol. The summed E-state index contributed by atoms with van der Waals surface area (Å²) in [6.07, 6.45) is 5.71. The topological polar surface area (TPSA) is 103 Å². The molecule has 2 aromatic rings. The Balaban J connectivity index is 1.54. The van der Waals surface area contributed by atoms with E-state index in [1.807, 2.05) is 6.07 Å². The minimum Gasteiger partial charge on any atom is -0.396 e. The molecule has 2 amide bonds. The zero-order valence-corrected chi connectivity index (χ0v) is 23.5. The number of nitrogens with zero attached hydrogens (tertiary/aromatic N) is 1. The predicted octanol–water partition coefficient (Wildman–Crippen LogP) is 4.70. The van der Waals surface area contributed by atoms with Gasteiger partial charge < -0.3 is 15.7 Å². The van der Waals surface area contributed by atoms with Gasteiger partial charge in [-0.1, -0.05) is 43.1 Å². The minimum absolute atomic E-state index is 0.0678. The maximum absolute atomic E-state index is 15.9. The fraction of sp³-hybridized carbons (Fsp3) is 0.552. The highest BCUT2D eigenvalue weighted by Crippen LogP contribution is 2.64. The van der Waals surface area contributed by atoms with Gasteiger partial charge in [-0.2, -0.15) is 0 Å². The van der Waals surface area contributed by atoms with Crippen molar-refractivity contribution in [2.75, 3.05) is 11.9 Å². The third kappa shape index (κ3) is 4.01. The number of carbonyl (C=O) groups excluding carboxylic acids is 2. The number of rotatable bonds is 4. The summed E-state index contributed by atoms with van der Waals surface area (Å²) in [5.74, 6) is -2.02. The van der Waals surface area contributed by atoms with Crippen molar-refractivity contribution in [1.82, 2.24) is 15.6 Å². The van der Waals surface area contributed by atoms with Crippen LogP contribution in [0.25, 0.3) is 0 Å². The normalized spacial score (nSPS) is 32.1. The van der Waals surface area contributed by atoms with E-state index < -0.39 is 28.7 Å². The summed E-state index contributed by atoms with van der Waals surface area (Å²) in [5.41, 5.74) is -0.559. The number of aliphatic hydroxyl groups excluding tert-OH is 1. The fourth-order valence-electron chi connectivity index (χ4n) is 7.62. The number of anilines is 1. The Labute approximate surface area is 237 Å². The Kier molecular flexibility index (Phi) is 6.49. The Bertz CT molecular complexity index is 1340. The number of amides is 2. The number of halogens is 3. The second-order valence-corrected chi connectivity index (χ2v) is 13.3. The molecule has 2 aliphatic heterocycles. The lowest BCUT2D eigenvalue weighted by Gasteiger charge is -2.50. The highest BCUT2D eigenvalue weighted by Gasteiger charge is 2.73. The Morgan fingerprint density at radius 1 is 1.18 bits per heavy atom. The van der Waals surface area contributed by atoms with Gasteiger partial charge in [0.2, 0.25) is 11.8 Å². The molecule has 3 atom stereocenters. The molecule has 0 radical (unpaired) electrons. The van der Waals surface area contributed by atoms with Crippen molar-refractivity contribution >= 4 is 40.7 Å². The van der Waals surface area contributed by atoms with Gasteiger partial charge in [-0.15, -0.1) is 0 Å². The Morgan fingerprint density at radius 3 is 2.59 bits per heavy atom. The molecule has 1 aromatic heterocycles. The van der Waals surface area contributed by atoms with E-state index in [2.05, 4.69) is 34.8 Å². The summed E-state index contributed by atoms with van der Waals surface area (Å²) < 4.78 is 15.9. The van der Waals surface area contributed by atoms with Gasteiger partial charge in [-0.3, -0.25) is 14.9 Å². The smallest absolute Gasteiger partial charge is 0.238 e. The first-order chi connectivity index (χ1) is 18.5. The third-order valence-corrected chi connectivity index (χ3v) is 10.3. The minimum atomic E-state index is -1.29. The second kappa shape index (κ2) is 9.40. The Hall–Kier alpha value is -2.26. The number of hydrogen-bond acceptors (Lipinski definition) is 5. The van der Waals surface area contributed by atoms with E-state index in [-0.39, 0.29) is 46.5 Å². The zero-order chi connectivity index (χ0) is 27.7. The van der Waals surface area contributed by atoms with Crippen LogP contribution in [0.4, 0.5) is 10.1 Å². The van der Waals surface area contributed by atoms with E-state index in [4.69, 9.17) is 23.2 Å². The van der Waals surface area contributed by atoms with Crippen LogP contribution in [-0.2, 0) is 15.0 Å². The van der Waals surface area contributed by atoms with Crippen LogP contribution in [0.1, 0.15) is 69.4 Å². The van der Waals surface area contributed by atoms with Crippen LogP contribution in [-0.4, -0.2) is 46.1 Å². The van der Waals surface area contributed by atoms with Crippen LogP contribution in [0.3, 0.4) is 0 Å². The third-order valence-electron chi connectivity index (χ3n) is 9.79. The molecule has 4 N–H and O–H groups in total. The van der Waals surface area contributed by atoms with Crippen molar-refractivity contribution in [3.63, 3.8) is 0 Å². The van der Waals surface area contributed by atoms with Gasteiger partial charge in [0, 0.05) is 41.0 Å². The second-order valence-electron chi connectivity index (χ2n) is 12.5. The van der Waals surface area contributed by atoms with E-state index in [0.29, 0.717) is 42.0 Å². The maximum atomic E-state index is 15.9.